The molecule has 0 aliphatic rings. The van der Waals surface area contributed by atoms with Crippen LogP contribution in [0.2, 0.25) is 0 Å². The van der Waals surface area contributed by atoms with Gasteiger partial charge in [0.25, 0.3) is 5.91 Å². The third-order valence-corrected chi connectivity index (χ3v) is 2.26. The molecule has 2 aromatic heterocycles. The maximum atomic E-state index is 11.8. The van der Waals surface area contributed by atoms with Gasteiger partial charge in [0.05, 0.1) is 11.8 Å². The van der Waals surface area contributed by atoms with Crippen molar-refractivity contribution in [3.63, 3.8) is 0 Å². The molecule has 0 fully saturated rings. The zero-order valence-corrected chi connectivity index (χ0v) is 9.31. The third kappa shape index (κ3) is 1.93. The predicted molar refractivity (Wildman–Crippen MR) is 59.4 cm³/mol. The smallest absolute Gasteiger partial charge is 0.261 e. The van der Waals surface area contributed by atoms with Crippen molar-refractivity contribution in [3.8, 4) is 12.1 Å². The van der Waals surface area contributed by atoms with Crippen molar-refractivity contribution < 1.29 is 9.21 Å². The van der Waals surface area contributed by atoms with Gasteiger partial charge in [-0.15, -0.1) is 0 Å². The quantitative estimate of drug-likeness (QED) is 0.821. The van der Waals surface area contributed by atoms with Gasteiger partial charge >= 0.3 is 0 Å². The normalized spacial score (nSPS) is 9.50. The molecular formula is C11H7N5O2. The minimum Gasteiger partial charge on any atom is -0.469 e. The van der Waals surface area contributed by atoms with Crippen LogP contribution in [0.1, 0.15) is 27.5 Å². The zero-order chi connectivity index (χ0) is 13.1. The Bertz CT molecular complexity index is 652. The molecule has 2 heterocycles. The number of nitrogens with one attached hydrogen (secondary N) is 2. The Kier molecular flexibility index (Phi) is 2.82. The van der Waals surface area contributed by atoms with Gasteiger partial charge in [0, 0.05) is 0 Å². The van der Waals surface area contributed by atoms with Crippen LogP contribution in [0.4, 0.5) is 5.95 Å². The van der Waals surface area contributed by atoms with E-state index >= 15 is 0 Å². The summed E-state index contributed by atoms with van der Waals surface area (Å²) in [7, 11) is 0. The Morgan fingerprint density at radius 1 is 1.50 bits per heavy atom. The van der Waals surface area contributed by atoms with E-state index in [0.717, 1.165) is 0 Å². The van der Waals surface area contributed by atoms with Gasteiger partial charge < -0.3 is 9.40 Å². The fourth-order valence-corrected chi connectivity index (χ4v) is 1.39. The number of nitrogens with zero attached hydrogens (tertiary/aromatic N) is 3. The molecule has 0 unspecified atom stereocenters. The third-order valence-electron chi connectivity index (χ3n) is 2.26. The van der Waals surface area contributed by atoms with Crippen molar-refractivity contribution in [2.75, 3.05) is 5.32 Å². The summed E-state index contributed by atoms with van der Waals surface area (Å²) < 4.78 is 5.00. The topological polar surface area (TPSA) is 118 Å². The summed E-state index contributed by atoms with van der Waals surface area (Å²) in [6, 6.07) is 5.05. The Balaban J connectivity index is 2.24. The number of aryl methyl sites for hydroxylation is 1. The maximum absolute atomic E-state index is 11.8. The summed E-state index contributed by atoms with van der Waals surface area (Å²) in [6.45, 7) is 1.65. The van der Waals surface area contributed by atoms with Crippen LogP contribution in [0.25, 0.3) is 0 Å². The summed E-state index contributed by atoms with van der Waals surface area (Å²) in [5.74, 6) is 0.0951. The average molecular weight is 241 g/mol. The first-order chi connectivity index (χ1) is 8.65. The first-order valence-corrected chi connectivity index (χ1v) is 4.91. The van der Waals surface area contributed by atoms with Gasteiger partial charge in [-0.25, -0.2) is 4.98 Å². The second kappa shape index (κ2) is 4.44. The van der Waals surface area contributed by atoms with Gasteiger partial charge in [0.15, 0.2) is 11.4 Å². The molecule has 2 aromatic rings. The molecule has 88 valence electrons. The van der Waals surface area contributed by atoms with Crippen LogP contribution in [-0.2, 0) is 0 Å². The van der Waals surface area contributed by atoms with E-state index in [2.05, 4.69) is 15.3 Å². The Hall–Kier alpha value is -3.06. The number of hydrogen-bond donors (Lipinski definition) is 2. The summed E-state index contributed by atoms with van der Waals surface area (Å²) in [6.07, 6.45) is 1.40. The fourth-order valence-electron chi connectivity index (χ4n) is 1.39. The van der Waals surface area contributed by atoms with E-state index in [-0.39, 0.29) is 17.3 Å². The van der Waals surface area contributed by atoms with Crippen LogP contribution >= 0.6 is 0 Å². The number of H-pyrrole nitrogens is 1. The van der Waals surface area contributed by atoms with E-state index in [4.69, 9.17) is 14.9 Å². The highest BCUT2D eigenvalue weighted by Gasteiger charge is 2.15. The highest BCUT2D eigenvalue weighted by Crippen LogP contribution is 2.12. The van der Waals surface area contributed by atoms with Gasteiger partial charge in [0.1, 0.15) is 17.9 Å². The molecule has 0 spiro atoms. The second-order valence-electron chi connectivity index (χ2n) is 3.38. The maximum Gasteiger partial charge on any atom is 0.261 e. The lowest BCUT2D eigenvalue weighted by atomic mass is 10.2. The first kappa shape index (κ1) is 11.4. The summed E-state index contributed by atoms with van der Waals surface area (Å²) >= 11 is 0. The molecular weight excluding hydrogens is 234 g/mol. The molecule has 0 saturated heterocycles. The second-order valence-corrected chi connectivity index (χ2v) is 3.38. The standard InChI is InChI=1S/C11H7N5O2/c1-6-7(2-3-18-6)10(17)16-11-14-8(4-12)9(5-13)15-11/h2-3H,1H3,(H2,14,15,16,17). The van der Waals surface area contributed by atoms with E-state index < -0.39 is 5.91 Å². The van der Waals surface area contributed by atoms with Gasteiger partial charge in [0.2, 0.25) is 5.95 Å². The van der Waals surface area contributed by atoms with Crippen LogP contribution in [0.3, 0.4) is 0 Å². The van der Waals surface area contributed by atoms with Crippen molar-refractivity contribution in [2.24, 2.45) is 0 Å². The molecule has 0 aliphatic heterocycles. The van der Waals surface area contributed by atoms with Gasteiger partial charge in [-0.3, -0.25) is 10.1 Å². The average Bonchev–Trinajstić information content (AvgIpc) is 2.94. The van der Waals surface area contributed by atoms with Gasteiger partial charge in [-0.2, -0.15) is 10.5 Å². The molecule has 18 heavy (non-hydrogen) atoms. The van der Waals surface area contributed by atoms with E-state index in [1.54, 1.807) is 19.1 Å². The molecule has 0 saturated carbocycles. The first-order valence-electron chi connectivity index (χ1n) is 4.91. The zero-order valence-electron chi connectivity index (χ0n) is 9.31. The molecule has 0 radical (unpaired) electrons. The summed E-state index contributed by atoms with van der Waals surface area (Å²) in [4.78, 5) is 18.1. The highest BCUT2D eigenvalue weighted by atomic mass is 16.3. The van der Waals surface area contributed by atoms with Crippen molar-refractivity contribution in [2.45, 2.75) is 6.92 Å². The molecule has 0 bridgehead atoms. The lowest BCUT2D eigenvalue weighted by molar-refractivity contribution is 0.102. The van der Waals surface area contributed by atoms with Crippen LogP contribution in [0.15, 0.2) is 16.7 Å². The SMILES string of the molecule is Cc1occc1C(=O)Nc1nc(C#N)c(C#N)[nH]1. The number of hydrogen-bond acceptors (Lipinski definition) is 5. The van der Waals surface area contributed by atoms with Crippen LogP contribution in [0.5, 0.6) is 0 Å². The lowest BCUT2D eigenvalue weighted by Gasteiger charge is -1.99. The predicted octanol–water partition coefficient (Wildman–Crippen LogP) is 1.31. The lowest BCUT2D eigenvalue weighted by Crippen LogP contribution is -2.13. The van der Waals surface area contributed by atoms with E-state index in [9.17, 15) is 4.79 Å². The Morgan fingerprint density at radius 2 is 2.28 bits per heavy atom. The van der Waals surface area contributed by atoms with Crippen molar-refractivity contribution >= 4 is 11.9 Å². The molecule has 0 aliphatic carbocycles. The van der Waals surface area contributed by atoms with Crippen molar-refractivity contribution in [3.05, 3.63) is 35.0 Å². The number of nitriles is 2. The molecule has 2 N–H and O–H groups in total. The summed E-state index contributed by atoms with van der Waals surface area (Å²) in [5.41, 5.74) is 0.317. The monoisotopic (exact) mass is 241 g/mol. The Labute approximate surface area is 102 Å². The van der Waals surface area contributed by atoms with Crippen molar-refractivity contribution in [1.82, 2.24) is 9.97 Å². The van der Waals surface area contributed by atoms with E-state index in [1.165, 1.54) is 12.3 Å². The number of carbonyl (C=O) groups is 1. The molecule has 0 aromatic carbocycles. The highest BCUT2D eigenvalue weighted by molar-refractivity contribution is 6.04. The van der Waals surface area contributed by atoms with Crippen LogP contribution < -0.4 is 5.32 Å². The van der Waals surface area contributed by atoms with Crippen molar-refractivity contribution in [1.29, 1.82) is 10.5 Å². The van der Waals surface area contributed by atoms with Crippen LogP contribution in [0, 0.1) is 29.6 Å². The number of anilines is 1. The summed E-state index contributed by atoms with van der Waals surface area (Å²) in [5, 5.41) is 19.9. The number of furan rings is 1. The largest absolute Gasteiger partial charge is 0.469 e. The van der Waals surface area contributed by atoms with Crippen LogP contribution in [-0.4, -0.2) is 15.9 Å². The van der Waals surface area contributed by atoms with Gasteiger partial charge in [-0.1, -0.05) is 0 Å². The number of carbonyl (C=O) groups excluding carboxylic acids is 1. The number of imidazole rings is 1. The number of rotatable bonds is 2. The fraction of sp³-hybridized carbons (Fsp3) is 0.0909. The number of amides is 1. The van der Waals surface area contributed by atoms with E-state index in [0.29, 0.717) is 11.3 Å². The molecule has 7 heteroatoms. The number of aromatic nitrogens is 2. The number of aromatic amines is 1. The molecule has 0 atom stereocenters. The molecule has 7 nitrogen and oxygen atoms in total. The van der Waals surface area contributed by atoms with Gasteiger partial charge in [-0.05, 0) is 13.0 Å². The minimum atomic E-state index is -0.427. The minimum absolute atomic E-state index is 0.0108. The Morgan fingerprint density at radius 3 is 2.78 bits per heavy atom. The molecule has 2 rings (SSSR count). The molecule has 1 amide bonds. The van der Waals surface area contributed by atoms with E-state index in [1.807, 2.05) is 0 Å².